The van der Waals surface area contributed by atoms with E-state index in [4.69, 9.17) is 21.9 Å². The Morgan fingerprint density at radius 3 is 2.74 bits per heavy atom. The minimum absolute atomic E-state index is 0.252. The van der Waals surface area contributed by atoms with Gasteiger partial charge in [0.2, 0.25) is 5.89 Å². The highest BCUT2D eigenvalue weighted by molar-refractivity contribution is 7.98. The first-order chi connectivity index (χ1) is 9.06. The summed E-state index contributed by atoms with van der Waals surface area (Å²) in [6.07, 6.45) is -0.725. The zero-order valence-electron chi connectivity index (χ0n) is 10.3. The maximum atomic E-state index is 9.35. The lowest BCUT2D eigenvalue weighted by molar-refractivity contribution is 0.146. The summed E-state index contributed by atoms with van der Waals surface area (Å²) in [5, 5.41) is 13.9. The van der Waals surface area contributed by atoms with Gasteiger partial charge in [-0.1, -0.05) is 16.8 Å². The van der Waals surface area contributed by atoms with E-state index in [-0.39, 0.29) is 5.89 Å². The van der Waals surface area contributed by atoms with Crippen LogP contribution in [0, 0.1) is 0 Å². The largest absolute Gasteiger partial charge is 0.391 e. The molecule has 0 spiro atoms. The number of nitrogens with two attached hydrogens (primary N) is 1. The third-order valence-electron chi connectivity index (χ3n) is 2.47. The van der Waals surface area contributed by atoms with Crippen LogP contribution in [0.1, 0.15) is 24.7 Å². The second-order valence-electron chi connectivity index (χ2n) is 4.06. The first-order valence-electron chi connectivity index (χ1n) is 5.71. The van der Waals surface area contributed by atoms with Crippen molar-refractivity contribution < 1.29 is 9.63 Å². The van der Waals surface area contributed by atoms with Crippen LogP contribution in [0.5, 0.6) is 0 Å². The van der Waals surface area contributed by atoms with Crippen LogP contribution in [-0.4, -0.2) is 21.4 Å². The number of benzene rings is 1. The lowest BCUT2D eigenvalue weighted by Crippen LogP contribution is -2.23. The Kier molecular flexibility index (Phi) is 4.81. The molecule has 0 aliphatic carbocycles. The number of thioether (sulfide) groups is 1. The predicted octanol–water partition coefficient (Wildman–Crippen LogP) is 2.40. The number of hydrogen-bond donors (Lipinski definition) is 2. The van der Waals surface area contributed by atoms with Crippen molar-refractivity contribution in [3.8, 4) is 0 Å². The molecule has 1 heterocycles. The van der Waals surface area contributed by atoms with Gasteiger partial charge in [-0.25, -0.2) is 0 Å². The van der Waals surface area contributed by atoms with Crippen LogP contribution in [0.2, 0.25) is 5.02 Å². The van der Waals surface area contributed by atoms with Gasteiger partial charge in [0.1, 0.15) is 6.04 Å². The van der Waals surface area contributed by atoms with E-state index in [1.54, 1.807) is 18.7 Å². The molecule has 102 valence electrons. The fraction of sp³-hybridized carbons (Fsp3) is 0.333. The van der Waals surface area contributed by atoms with Gasteiger partial charge in [0.15, 0.2) is 5.82 Å². The first-order valence-corrected chi connectivity index (χ1v) is 7.07. The molecule has 0 radical (unpaired) electrons. The van der Waals surface area contributed by atoms with E-state index in [0.717, 1.165) is 4.90 Å². The molecule has 0 amide bonds. The monoisotopic (exact) mass is 299 g/mol. The van der Waals surface area contributed by atoms with Gasteiger partial charge in [0.05, 0.1) is 11.9 Å². The van der Waals surface area contributed by atoms with Crippen molar-refractivity contribution in [3.05, 3.63) is 41.0 Å². The van der Waals surface area contributed by atoms with Crippen LogP contribution < -0.4 is 5.73 Å². The van der Waals surface area contributed by atoms with Gasteiger partial charge in [0.25, 0.3) is 0 Å². The Bertz CT molecular complexity index is 530. The summed E-state index contributed by atoms with van der Waals surface area (Å²) < 4.78 is 5.01. The van der Waals surface area contributed by atoms with Crippen LogP contribution in [0.4, 0.5) is 0 Å². The van der Waals surface area contributed by atoms with E-state index in [1.807, 2.05) is 24.3 Å². The summed E-state index contributed by atoms with van der Waals surface area (Å²) >= 11 is 7.38. The summed E-state index contributed by atoms with van der Waals surface area (Å²) in [4.78, 5) is 5.22. The van der Waals surface area contributed by atoms with Crippen LogP contribution in [0.3, 0.4) is 0 Å². The molecule has 2 unspecified atom stereocenters. The zero-order chi connectivity index (χ0) is 13.8. The minimum atomic E-state index is -0.725. The molecule has 2 aromatic rings. The third kappa shape index (κ3) is 3.94. The molecule has 0 bridgehead atoms. The van der Waals surface area contributed by atoms with Crippen molar-refractivity contribution in [2.75, 3.05) is 0 Å². The van der Waals surface area contributed by atoms with Gasteiger partial charge in [-0.2, -0.15) is 4.98 Å². The molecule has 2 rings (SSSR count). The van der Waals surface area contributed by atoms with E-state index in [1.165, 1.54) is 0 Å². The number of halogens is 1. The maximum absolute atomic E-state index is 9.35. The fourth-order valence-electron chi connectivity index (χ4n) is 1.35. The second-order valence-corrected chi connectivity index (χ2v) is 5.54. The molecule has 0 fully saturated rings. The van der Waals surface area contributed by atoms with Gasteiger partial charge < -0.3 is 15.4 Å². The smallest absolute Gasteiger partial charge is 0.246 e. The molecule has 3 N–H and O–H groups in total. The predicted molar refractivity (Wildman–Crippen MR) is 73.9 cm³/mol. The molecule has 7 heteroatoms. The highest BCUT2D eigenvalue weighted by Crippen LogP contribution is 2.23. The van der Waals surface area contributed by atoms with Crippen LogP contribution in [0.15, 0.2) is 33.7 Å². The molecule has 1 aromatic carbocycles. The molecule has 19 heavy (non-hydrogen) atoms. The number of hydrogen-bond acceptors (Lipinski definition) is 6. The molecule has 5 nitrogen and oxygen atoms in total. The standard InChI is InChI=1S/C12H14ClN3O2S/c1-7(17)11(14)12-15-10(16-18-12)6-19-9-4-2-8(13)3-5-9/h2-5,7,11,17H,6,14H2,1H3. The third-order valence-corrected chi connectivity index (χ3v) is 3.73. The minimum Gasteiger partial charge on any atom is -0.391 e. The molecule has 0 aliphatic heterocycles. The highest BCUT2D eigenvalue weighted by Gasteiger charge is 2.19. The molecule has 0 saturated carbocycles. The molecule has 0 aliphatic rings. The summed E-state index contributed by atoms with van der Waals surface area (Å²) in [6, 6.07) is 6.86. The first kappa shape index (κ1) is 14.3. The van der Waals surface area contributed by atoms with Gasteiger partial charge in [0, 0.05) is 9.92 Å². The molecule has 1 aromatic heterocycles. The topological polar surface area (TPSA) is 85.2 Å². The molecular formula is C12H14ClN3O2S. The van der Waals surface area contributed by atoms with Gasteiger partial charge >= 0.3 is 0 Å². The Hall–Kier alpha value is -1.08. The Labute approximate surface area is 120 Å². The molecule has 2 atom stereocenters. The normalized spacial score (nSPS) is 14.3. The Morgan fingerprint density at radius 2 is 2.11 bits per heavy atom. The molecular weight excluding hydrogens is 286 g/mol. The lowest BCUT2D eigenvalue weighted by atomic mass is 10.2. The number of aliphatic hydroxyl groups is 1. The summed E-state index contributed by atoms with van der Waals surface area (Å²) in [5.41, 5.74) is 5.71. The number of aromatic nitrogens is 2. The van der Waals surface area contributed by atoms with Crippen molar-refractivity contribution in [2.24, 2.45) is 5.73 Å². The summed E-state index contributed by atoms with van der Waals surface area (Å²) in [6.45, 7) is 1.58. The second kappa shape index (κ2) is 6.38. The van der Waals surface area contributed by atoms with Crippen LogP contribution in [0.25, 0.3) is 0 Å². The van der Waals surface area contributed by atoms with Crippen molar-refractivity contribution in [1.82, 2.24) is 10.1 Å². The number of rotatable bonds is 5. The number of nitrogens with zero attached hydrogens (tertiary/aromatic N) is 2. The van der Waals surface area contributed by atoms with Crippen LogP contribution in [-0.2, 0) is 5.75 Å². The van der Waals surface area contributed by atoms with E-state index in [2.05, 4.69) is 10.1 Å². The van der Waals surface area contributed by atoms with Gasteiger partial charge in [-0.15, -0.1) is 11.8 Å². The number of aliphatic hydroxyl groups excluding tert-OH is 1. The van der Waals surface area contributed by atoms with Crippen molar-refractivity contribution in [1.29, 1.82) is 0 Å². The summed E-state index contributed by atoms with van der Waals surface area (Å²) in [7, 11) is 0. The van der Waals surface area contributed by atoms with Crippen molar-refractivity contribution in [2.45, 2.75) is 29.7 Å². The average molecular weight is 300 g/mol. The zero-order valence-corrected chi connectivity index (χ0v) is 11.9. The summed E-state index contributed by atoms with van der Waals surface area (Å²) in [5.74, 6) is 1.37. The van der Waals surface area contributed by atoms with Gasteiger partial charge in [-0.3, -0.25) is 0 Å². The van der Waals surface area contributed by atoms with Crippen LogP contribution >= 0.6 is 23.4 Å². The quantitative estimate of drug-likeness (QED) is 0.825. The highest BCUT2D eigenvalue weighted by atomic mass is 35.5. The molecule has 0 saturated heterocycles. The Morgan fingerprint density at radius 1 is 1.42 bits per heavy atom. The SMILES string of the molecule is CC(O)C(N)c1nc(CSc2ccc(Cl)cc2)no1. The maximum Gasteiger partial charge on any atom is 0.246 e. The van der Waals surface area contributed by atoms with E-state index in [0.29, 0.717) is 16.6 Å². The van der Waals surface area contributed by atoms with E-state index in [9.17, 15) is 5.11 Å². The van der Waals surface area contributed by atoms with Crippen molar-refractivity contribution >= 4 is 23.4 Å². The Balaban J connectivity index is 1.95. The fourth-order valence-corrected chi connectivity index (χ4v) is 2.21. The van der Waals surface area contributed by atoms with E-state index < -0.39 is 12.1 Å². The van der Waals surface area contributed by atoms with Crippen molar-refractivity contribution in [3.63, 3.8) is 0 Å². The lowest BCUT2D eigenvalue weighted by Gasteiger charge is -2.08. The van der Waals surface area contributed by atoms with E-state index >= 15 is 0 Å². The average Bonchev–Trinajstić information content (AvgIpc) is 2.86. The van der Waals surface area contributed by atoms with Gasteiger partial charge in [-0.05, 0) is 31.2 Å².